The number of carbonyl (C=O) groups is 2. The van der Waals surface area contributed by atoms with Gasteiger partial charge in [0.2, 0.25) is 5.91 Å². The van der Waals surface area contributed by atoms with Crippen molar-refractivity contribution in [2.75, 3.05) is 12.4 Å². The van der Waals surface area contributed by atoms with E-state index >= 15 is 0 Å². The molecule has 2 heterocycles. The molecule has 0 unspecified atom stereocenters. The van der Waals surface area contributed by atoms with Gasteiger partial charge in [-0.15, -0.1) is 0 Å². The summed E-state index contributed by atoms with van der Waals surface area (Å²) in [5.41, 5.74) is 0.220. The zero-order chi connectivity index (χ0) is 15.4. The quantitative estimate of drug-likeness (QED) is 0.852. The Morgan fingerprint density at radius 2 is 2.19 bits per heavy atom. The second kappa shape index (κ2) is 6.31. The topological polar surface area (TPSA) is 90.3 Å². The maximum absolute atomic E-state index is 11.9. The highest BCUT2D eigenvalue weighted by Gasteiger charge is 2.17. The summed E-state index contributed by atoms with van der Waals surface area (Å²) in [5.74, 6) is -0.891. The first-order valence-electron chi connectivity index (χ1n) is 6.02. The normalized spacial score (nSPS) is 10.2. The first-order valence-corrected chi connectivity index (χ1v) is 6.84. The van der Waals surface area contributed by atoms with Gasteiger partial charge in [0.25, 0.3) is 5.56 Å². The van der Waals surface area contributed by atoms with Crippen LogP contribution in [-0.2, 0) is 16.1 Å². The lowest BCUT2D eigenvalue weighted by atomic mass is 10.4. The molecule has 110 valence electrons. The molecule has 1 N–H and O–H groups in total. The van der Waals surface area contributed by atoms with E-state index in [9.17, 15) is 14.4 Å². The number of methoxy groups -OCH3 is 1. The molecule has 2 rings (SSSR count). The van der Waals surface area contributed by atoms with Gasteiger partial charge in [-0.1, -0.05) is 17.4 Å². The molecule has 21 heavy (non-hydrogen) atoms. The summed E-state index contributed by atoms with van der Waals surface area (Å²) >= 11 is 1.03. The molecular weight excluding hydrogens is 294 g/mol. The summed E-state index contributed by atoms with van der Waals surface area (Å²) in [4.78, 5) is 39.3. The Bertz CT molecular complexity index is 735. The Morgan fingerprint density at radius 1 is 1.43 bits per heavy atom. The summed E-state index contributed by atoms with van der Waals surface area (Å²) < 4.78 is 5.89. The fourth-order valence-corrected chi connectivity index (χ4v) is 2.54. The number of hydrogen-bond donors (Lipinski definition) is 1. The number of rotatable bonds is 4. The van der Waals surface area contributed by atoms with Crippen LogP contribution < -0.4 is 10.9 Å². The molecule has 8 heteroatoms. The Labute approximate surface area is 124 Å². The van der Waals surface area contributed by atoms with Crippen LogP contribution in [0.1, 0.15) is 15.4 Å². The average Bonchev–Trinajstić information content (AvgIpc) is 2.81. The molecule has 1 amide bonds. The van der Waals surface area contributed by atoms with Crippen molar-refractivity contribution >= 4 is 28.3 Å². The number of nitrogens with one attached hydrogen (secondary N) is 1. The van der Waals surface area contributed by atoms with Crippen molar-refractivity contribution in [2.24, 2.45) is 0 Å². The van der Waals surface area contributed by atoms with Crippen LogP contribution in [0.25, 0.3) is 0 Å². The summed E-state index contributed by atoms with van der Waals surface area (Å²) in [6.45, 7) is 1.53. The minimum Gasteiger partial charge on any atom is -0.465 e. The van der Waals surface area contributed by atoms with Crippen molar-refractivity contribution in [1.29, 1.82) is 0 Å². The molecule has 0 saturated heterocycles. The van der Waals surface area contributed by atoms with Crippen LogP contribution in [0.2, 0.25) is 0 Å². The standard InChI is InChI=1S/C13H13N3O4S/c1-8-11(12(19)20-2)21-13(14-8)15-9(17)7-16-6-4-3-5-10(16)18/h3-6H,7H2,1-2H3,(H,14,15,17). The lowest BCUT2D eigenvalue weighted by Crippen LogP contribution is -2.26. The second-order valence-corrected chi connectivity index (χ2v) is 5.14. The first-order chi connectivity index (χ1) is 10.0. The van der Waals surface area contributed by atoms with Gasteiger partial charge >= 0.3 is 5.97 Å². The third-order valence-electron chi connectivity index (χ3n) is 2.63. The fraction of sp³-hybridized carbons (Fsp3) is 0.231. The molecule has 2 aromatic rings. The lowest BCUT2D eigenvalue weighted by Gasteiger charge is -2.04. The minimum absolute atomic E-state index is 0.119. The van der Waals surface area contributed by atoms with E-state index in [0.717, 1.165) is 11.3 Å². The van der Waals surface area contributed by atoms with Crippen molar-refractivity contribution in [1.82, 2.24) is 9.55 Å². The molecule has 0 atom stereocenters. The number of nitrogens with zero attached hydrogens (tertiary/aromatic N) is 2. The SMILES string of the molecule is COC(=O)c1sc(NC(=O)Cn2ccccc2=O)nc1C. The van der Waals surface area contributed by atoms with Crippen molar-refractivity contribution in [3.8, 4) is 0 Å². The van der Waals surface area contributed by atoms with E-state index < -0.39 is 11.9 Å². The summed E-state index contributed by atoms with van der Waals surface area (Å²) in [7, 11) is 1.28. The molecule has 0 bridgehead atoms. The van der Waals surface area contributed by atoms with Gasteiger partial charge in [0.1, 0.15) is 11.4 Å². The number of aryl methyl sites for hydroxylation is 1. The number of ether oxygens (including phenoxy) is 1. The van der Waals surface area contributed by atoms with Crippen LogP contribution in [0.3, 0.4) is 0 Å². The zero-order valence-corrected chi connectivity index (χ0v) is 12.3. The van der Waals surface area contributed by atoms with E-state index in [2.05, 4.69) is 15.0 Å². The Balaban J connectivity index is 2.08. The van der Waals surface area contributed by atoms with Gasteiger partial charge in [-0.25, -0.2) is 9.78 Å². The minimum atomic E-state index is -0.496. The molecule has 0 radical (unpaired) electrons. The van der Waals surface area contributed by atoms with Gasteiger partial charge in [0.05, 0.1) is 12.8 Å². The highest BCUT2D eigenvalue weighted by atomic mass is 32.1. The number of hydrogen-bond acceptors (Lipinski definition) is 6. The van der Waals surface area contributed by atoms with Crippen molar-refractivity contribution in [3.63, 3.8) is 0 Å². The van der Waals surface area contributed by atoms with E-state index in [1.807, 2.05) is 0 Å². The summed E-state index contributed by atoms with van der Waals surface area (Å²) in [5, 5.41) is 2.85. The number of anilines is 1. The van der Waals surface area contributed by atoms with Crippen molar-refractivity contribution in [3.05, 3.63) is 45.3 Å². The largest absolute Gasteiger partial charge is 0.465 e. The number of carbonyl (C=O) groups excluding carboxylic acids is 2. The number of aromatic nitrogens is 2. The number of thiazole rings is 1. The third kappa shape index (κ3) is 3.54. The summed E-state index contributed by atoms with van der Waals surface area (Å²) in [6, 6.07) is 4.64. The molecule has 2 aromatic heterocycles. The molecule has 0 aliphatic rings. The monoisotopic (exact) mass is 307 g/mol. The maximum Gasteiger partial charge on any atom is 0.350 e. The Morgan fingerprint density at radius 3 is 2.86 bits per heavy atom. The number of amides is 1. The van der Waals surface area contributed by atoms with Crippen LogP contribution in [-0.4, -0.2) is 28.5 Å². The summed E-state index contributed by atoms with van der Waals surface area (Å²) in [6.07, 6.45) is 1.52. The smallest absolute Gasteiger partial charge is 0.350 e. The molecule has 0 spiro atoms. The molecule has 0 saturated carbocycles. The van der Waals surface area contributed by atoms with Crippen LogP contribution in [0.5, 0.6) is 0 Å². The maximum atomic E-state index is 11.9. The highest BCUT2D eigenvalue weighted by Crippen LogP contribution is 2.23. The van der Waals surface area contributed by atoms with E-state index in [-0.39, 0.29) is 12.1 Å². The number of pyridine rings is 1. The van der Waals surface area contributed by atoms with Gasteiger partial charge in [-0.2, -0.15) is 0 Å². The molecule has 0 fully saturated rings. The average molecular weight is 307 g/mol. The Hall–Kier alpha value is -2.48. The molecule has 0 aliphatic carbocycles. The lowest BCUT2D eigenvalue weighted by molar-refractivity contribution is -0.116. The zero-order valence-electron chi connectivity index (χ0n) is 11.5. The van der Waals surface area contributed by atoms with Gasteiger partial charge in [0.15, 0.2) is 5.13 Å². The predicted molar refractivity (Wildman–Crippen MR) is 77.5 cm³/mol. The van der Waals surface area contributed by atoms with E-state index in [0.29, 0.717) is 15.7 Å². The Kier molecular flexibility index (Phi) is 4.49. The van der Waals surface area contributed by atoms with Crippen molar-refractivity contribution in [2.45, 2.75) is 13.5 Å². The van der Waals surface area contributed by atoms with Gasteiger partial charge < -0.3 is 14.6 Å². The number of esters is 1. The molecular formula is C13H13N3O4S. The van der Waals surface area contributed by atoms with E-state index in [4.69, 9.17) is 0 Å². The molecule has 7 nitrogen and oxygen atoms in total. The van der Waals surface area contributed by atoms with Crippen LogP contribution >= 0.6 is 11.3 Å². The van der Waals surface area contributed by atoms with E-state index in [1.54, 1.807) is 19.1 Å². The third-order valence-corrected chi connectivity index (χ3v) is 3.68. The van der Waals surface area contributed by atoms with Gasteiger partial charge in [-0.05, 0) is 13.0 Å². The van der Waals surface area contributed by atoms with Crippen LogP contribution in [0.4, 0.5) is 5.13 Å². The van der Waals surface area contributed by atoms with Crippen molar-refractivity contribution < 1.29 is 14.3 Å². The van der Waals surface area contributed by atoms with Crippen LogP contribution in [0.15, 0.2) is 29.2 Å². The second-order valence-electron chi connectivity index (χ2n) is 4.14. The first kappa shape index (κ1) is 14.9. The van der Waals surface area contributed by atoms with Crippen LogP contribution in [0, 0.1) is 6.92 Å². The highest BCUT2D eigenvalue weighted by molar-refractivity contribution is 7.17. The van der Waals surface area contributed by atoms with Gasteiger partial charge in [-0.3, -0.25) is 9.59 Å². The fourth-order valence-electron chi connectivity index (χ4n) is 1.64. The predicted octanol–water partition coefficient (Wildman–Crippen LogP) is 1.04. The molecule has 0 aliphatic heterocycles. The van der Waals surface area contributed by atoms with Gasteiger partial charge in [0, 0.05) is 12.3 Å². The molecule has 0 aromatic carbocycles. The van der Waals surface area contributed by atoms with E-state index in [1.165, 1.54) is 23.9 Å².